The van der Waals surface area contributed by atoms with E-state index in [0.29, 0.717) is 47.2 Å². The molecule has 0 aliphatic carbocycles. The number of carbonyl (C=O) groups is 1. The second kappa shape index (κ2) is 12.9. The first kappa shape index (κ1) is 31.8. The summed E-state index contributed by atoms with van der Waals surface area (Å²) in [4.78, 5) is 23.4. The molecule has 6 rings (SSSR count). The molecule has 0 aliphatic rings. The van der Waals surface area contributed by atoms with Crippen molar-refractivity contribution in [1.82, 2.24) is 38.2 Å². The second-order valence-corrected chi connectivity index (χ2v) is 11.9. The third kappa shape index (κ3) is 5.95. The van der Waals surface area contributed by atoms with Crippen LogP contribution in [0, 0.1) is 13.8 Å². The van der Waals surface area contributed by atoms with Gasteiger partial charge in [0.25, 0.3) is 5.91 Å². The van der Waals surface area contributed by atoms with Gasteiger partial charge in [0.15, 0.2) is 4.99 Å². The summed E-state index contributed by atoms with van der Waals surface area (Å²) >= 11 is 5.67. The van der Waals surface area contributed by atoms with Crippen molar-refractivity contribution in [2.24, 2.45) is 24.1 Å². The molecule has 1 unspecified atom stereocenters. The molecule has 0 saturated heterocycles. The minimum absolute atomic E-state index is 0.379. The number of aromatic nitrogens is 8. The Labute approximate surface area is 276 Å². The van der Waals surface area contributed by atoms with E-state index in [1.54, 1.807) is 17.7 Å². The molecular weight excluding hydrogens is 613 g/mol. The van der Waals surface area contributed by atoms with Crippen molar-refractivity contribution in [2.75, 3.05) is 0 Å². The number of nitrogens with zero attached hydrogens (tertiary/aromatic N) is 9. The molecule has 0 spiro atoms. The lowest BCUT2D eigenvalue weighted by molar-refractivity contribution is 0.0985. The first-order valence-electron chi connectivity index (χ1n) is 15.5. The zero-order chi connectivity index (χ0) is 33.4. The van der Waals surface area contributed by atoms with Gasteiger partial charge in [-0.3, -0.25) is 14.6 Å². The molecule has 13 heteroatoms. The molecule has 0 fully saturated rings. The van der Waals surface area contributed by atoms with E-state index in [2.05, 4.69) is 43.1 Å². The number of rotatable bonds is 8. The van der Waals surface area contributed by atoms with Crippen LogP contribution in [-0.2, 0) is 33.7 Å². The average molecular weight is 651 g/mol. The molecule has 1 atom stereocenters. The van der Waals surface area contributed by atoms with Crippen LogP contribution in [0.25, 0.3) is 22.1 Å². The summed E-state index contributed by atoms with van der Waals surface area (Å²) in [7, 11) is 3.86. The van der Waals surface area contributed by atoms with Crippen LogP contribution in [0.2, 0.25) is 0 Å². The number of hydrogen-bond acceptors (Lipinski definition) is 5. The van der Waals surface area contributed by atoms with Crippen molar-refractivity contribution in [3.8, 4) is 0 Å². The highest BCUT2D eigenvalue weighted by atomic mass is 32.1. The Balaban J connectivity index is 1.42. The van der Waals surface area contributed by atoms with Gasteiger partial charge in [-0.25, -0.2) is 4.99 Å². The maximum Gasteiger partial charge on any atom is 0.298 e. The number of imidazole rings is 2. The molecule has 2 aromatic carbocycles. The first-order chi connectivity index (χ1) is 22.6. The molecule has 0 radical (unpaired) electrons. The minimum atomic E-state index is -0.720. The highest BCUT2D eigenvalue weighted by Gasteiger charge is 2.18. The van der Waals surface area contributed by atoms with Crippen molar-refractivity contribution in [1.29, 1.82) is 0 Å². The summed E-state index contributed by atoms with van der Waals surface area (Å²) in [5.74, 6) is -0.379. The maximum absolute atomic E-state index is 13.5. The van der Waals surface area contributed by atoms with Gasteiger partial charge in [-0.05, 0) is 58.0 Å². The minimum Gasteiger partial charge on any atom is -0.389 e. The van der Waals surface area contributed by atoms with E-state index >= 15 is 0 Å². The van der Waals surface area contributed by atoms with E-state index in [9.17, 15) is 9.90 Å². The first-order valence-corrected chi connectivity index (χ1v) is 15.9. The maximum atomic E-state index is 13.5. The van der Waals surface area contributed by atoms with Crippen LogP contribution >= 0.6 is 12.2 Å². The molecule has 0 bridgehead atoms. The molecule has 4 aromatic heterocycles. The van der Waals surface area contributed by atoms with Crippen molar-refractivity contribution < 1.29 is 9.90 Å². The Morgan fingerprint density at radius 3 is 2.28 bits per heavy atom. The Morgan fingerprint density at radius 1 is 0.936 bits per heavy atom. The van der Waals surface area contributed by atoms with E-state index < -0.39 is 6.10 Å². The van der Waals surface area contributed by atoms with Crippen LogP contribution in [-0.4, -0.2) is 54.2 Å². The summed E-state index contributed by atoms with van der Waals surface area (Å²) in [5.41, 5.74) is 8.35. The van der Waals surface area contributed by atoms with E-state index in [0.717, 1.165) is 39.0 Å². The van der Waals surface area contributed by atoms with Gasteiger partial charge in [-0.15, -0.1) is 0 Å². The highest BCUT2D eigenvalue weighted by molar-refractivity contribution is 7.80. The number of thiocarbonyl (C=S) groups is 1. The standard InChI is InChI=1S/C34H38N10O2S/c1-7-44-29(20-22(3)39-44)31(46)35-33-41(6)28-16-12-13-24(23(4)45)30(28)43(33)18-11-10-17-42-27-15-9-8-14-26(27)40(5)34(42)36-32(47)25-19-21(2)37-38-25/h8-16,19-20,23,45H,7,17-18H2,1-6H3,(H,37,38)/b11-10+,35-33+,36-34+. The molecule has 6 aromatic rings. The zero-order valence-corrected chi connectivity index (χ0v) is 28.2. The second-order valence-electron chi connectivity index (χ2n) is 11.5. The fourth-order valence-corrected chi connectivity index (χ4v) is 6.17. The summed E-state index contributed by atoms with van der Waals surface area (Å²) in [6.07, 6.45) is 3.38. The number of carbonyl (C=O) groups excluding carboxylic acids is 1. The number of H-pyrrole nitrogens is 1. The number of amides is 1. The molecule has 0 saturated carbocycles. The normalized spacial score (nSPS) is 13.5. The molecule has 0 aliphatic heterocycles. The lowest BCUT2D eigenvalue weighted by Crippen LogP contribution is -2.27. The van der Waals surface area contributed by atoms with Crippen LogP contribution in [0.3, 0.4) is 0 Å². The number of hydrogen-bond donors (Lipinski definition) is 2. The number of fused-ring (bicyclic) bond motifs is 2. The number of aliphatic hydroxyl groups is 1. The third-order valence-corrected chi connectivity index (χ3v) is 8.56. The van der Waals surface area contributed by atoms with Gasteiger partial charge in [0.05, 0.1) is 45.3 Å². The number of allylic oxidation sites excluding steroid dienone is 2. The fraction of sp³-hybridized carbons (Fsp3) is 0.294. The van der Waals surface area contributed by atoms with Crippen molar-refractivity contribution in [2.45, 2.75) is 53.4 Å². The number of aromatic amines is 1. The van der Waals surface area contributed by atoms with E-state index in [-0.39, 0.29) is 5.91 Å². The van der Waals surface area contributed by atoms with Gasteiger partial charge in [-0.2, -0.15) is 15.2 Å². The average Bonchev–Trinajstić information content (AvgIpc) is 3.80. The van der Waals surface area contributed by atoms with Crippen LogP contribution < -0.4 is 11.2 Å². The van der Waals surface area contributed by atoms with Gasteiger partial charge in [0.1, 0.15) is 5.69 Å². The number of aryl methyl sites for hydroxylation is 5. The molecule has 12 nitrogen and oxygen atoms in total. The highest BCUT2D eigenvalue weighted by Crippen LogP contribution is 2.24. The number of para-hydroxylation sites is 3. The number of benzene rings is 2. The molecule has 4 heterocycles. The van der Waals surface area contributed by atoms with Gasteiger partial charge in [-0.1, -0.05) is 48.6 Å². The summed E-state index contributed by atoms with van der Waals surface area (Å²) in [5, 5.41) is 22.3. The predicted molar refractivity (Wildman–Crippen MR) is 185 cm³/mol. The Kier molecular flexibility index (Phi) is 8.76. The zero-order valence-electron chi connectivity index (χ0n) is 27.3. The van der Waals surface area contributed by atoms with Gasteiger partial charge in [0.2, 0.25) is 11.2 Å². The lowest BCUT2D eigenvalue weighted by Gasteiger charge is -2.09. The van der Waals surface area contributed by atoms with Crippen LogP contribution in [0.1, 0.15) is 53.1 Å². The predicted octanol–water partition coefficient (Wildman–Crippen LogP) is 4.16. The Bertz CT molecular complexity index is 2320. The van der Waals surface area contributed by atoms with E-state index in [1.807, 2.05) is 91.0 Å². The lowest BCUT2D eigenvalue weighted by atomic mass is 10.1. The van der Waals surface area contributed by atoms with Crippen molar-refractivity contribution >= 4 is 45.2 Å². The van der Waals surface area contributed by atoms with Gasteiger partial charge in [0, 0.05) is 39.3 Å². The molecule has 1 amide bonds. The summed E-state index contributed by atoms with van der Waals surface area (Å²) < 4.78 is 9.66. The van der Waals surface area contributed by atoms with Crippen LogP contribution in [0.15, 0.2) is 76.7 Å². The van der Waals surface area contributed by atoms with E-state index in [4.69, 9.17) is 17.2 Å². The fourth-order valence-electron chi connectivity index (χ4n) is 5.98. The summed E-state index contributed by atoms with van der Waals surface area (Å²) in [6.45, 7) is 8.92. The smallest absolute Gasteiger partial charge is 0.298 e. The van der Waals surface area contributed by atoms with Crippen molar-refractivity contribution in [3.63, 3.8) is 0 Å². The van der Waals surface area contributed by atoms with E-state index in [1.165, 1.54) is 0 Å². The monoisotopic (exact) mass is 650 g/mol. The van der Waals surface area contributed by atoms with Crippen LogP contribution in [0.4, 0.5) is 0 Å². The number of aliphatic hydroxyl groups excluding tert-OH is 1. The Morgan fingerprint density at radius 2 is 1.60 bits per heavy atom. The van der Waals surface area contributed by atoms with Gasteiger partial charge < -0.3 is 23.4 Å². The molecule has 2 N–H and O–H groups in total. The summed E-state index contributed by atoms with van der Waals surface area (Å²) in [6, 6.07) is 17.5. The largest absolute Gasteiger partial charge is 0.389 e. The number of nitrogens with one attached hydrogen (secondary N) is 1. The molecular formula is C34H38N10O2S. The quantitative estimate of drug-likeness (QED) is 0.189. The van der Waals surface area contributed by atoms with Crippen molar-refractivity contribution in [3.05, 3.63) is 106 Å². The topological polar surface area (TPSA) is 128 Å². The Hall–Kier alpha value is -5.14. The SMILES string of the molecule is CCn1nc(C)cc1C(=O)/N=c1\n(C)c2cccc(C(C)O)c2n1C/C=C/Cn1/c(=N/C(=S)c2cc(C)n[nH]2)n(C)c2ccccc21. The third-order valence-electron chi connectivity index (χ3n) is 8.25. The molecule has 242 valence electrons. The van der Waals surface area contributed by atoms with Gasteiger partial charge >= 0.3 is 0 Å². The van der Waals surface area contributed by atoms with Crippen LogP contribution in [0.5, 0.6) is 0 Å². The molecule has 47 heavy (non-hydrogen) atoms.